The van der Waals surface area contributed by atoms with E-state index in [1.165, 1.54) is 0 Å². The SMILES string of the molecule is F[C@@H]1CNC[C@@H](Nc2ncc(C(F)(F)F)c(-c3n[nH]c4nn5c(c34)CCCC5)n2)C1. The highest BCUT2D eigenvalue weighted by atomic mass is 19.4. The fraction of sp³-hybridized carbons (Fsp3) is 0.556. The number of nitrogens with one attached hydrogen (secondary N) is 3. The van der Waals surface area contributed by atoms with Crippen LogP contribution < -0.4 is 10.6 Å². The van der Waals surface area contributed by atoms with Gasteiger partial charge in [0.05, 0.1) is 11.1 Å². The average Bonchev–Trinajstić information content (AvgIpc) is 3.26. The monoisotopic (exact) mass is 424 g/mol. The van der Waals surface area contributed by atoms with Crippen LogP contribution in [-0.4, -0.2) is 55.2 Å². The van der Waals surface area contributed by atoms with Crippen LogP contribution >= 0.6 is 0 Å². The van der Waals surface area contributed by atoms with Crippen molar-refractivity contribution in [3.05, 3.63) is 17.5 Å². The van der Waals surface area contributed by atoms with E-state index in [1.54, 1.807) is 0 Å². The standard InChI is InChI=1S/C18H20F4N8/c19-9-5-10(7-23-6-9)25-17-24-8-11(18(20,21)22)14(26-17)15-13-12-3-1-2-4-30(12)29-16(13)28-27-15/h8-10,23H,1-7H2,(H,28,29)(H,24,25,26)/t9-,10-/m0/s1. The molecule has 5 heterocycles. The molecule has 0 radical (unpaired) electrons. The molecule has 2 aliphatic heterocycles. The summed E-state index contributed by atoms with van der Waals surface area (Å²) in [6.45, 7) is 1.46. The molecule has 1 fully saturated rings. The van der Waals surface area contributed by atoms with Gasteiger partial charge in [-0.2, -0.15) is 23.4 Å². The van der Waals surface area contributed by atoms with E-state index in [9.17, 15) is 17.6 Å². The first-order valence-corrected chi connectivity index (χ1v) is 9.90. The van der Waals surface area contributed by atoms with E-state index in [0.29, 0.717) is 24.0 Å². The first-order valence-electron chi connectivity index (χ1n) is 9.90. The van der Waals surface area contributed by atoms with Crippen LogP contribution in [0.5, 0.6) is 0 Å². The van der Waals surface area contributed by atoms with Gasteiger partial charge in [-0.25, -0.2) is 14.4 Å². The minimum atomic E-state index is -4.65. The smallest absolute Gasteiger partial charge is 0.350 e. The summed E-state index contributed by atoms with van der Waals surface area (Å²) in [4.78, 5) is 8.01. The third-order valence-corrected chi connectivity index (χ3v) is 5.55. The molecule has 0 unspecified atom stereocenters. The number of rotatable bonds is 3. The minimum absolute atomic E-state index is 0.0103. The summed E-state index contributed by atoms with van der Waals surface area (Å²) in [6, 6.07) is -0.318. The van der Waals surface area contributed by atoms with Crippen LogP contribution in [-0.2, 0) is 19.1 Å². The Bertz CT molecular complexity index is 1070. The second-order valence-electron chi connectivity index (χ2n) is 7.71. The highest BCUT2D eigenvalue weighted by Crippen LogP contribution is 2.39. The van der Waals surface area contributed by atoms with Crippen molar-refractivity contribution in [2.75, 3.05) is 18.4 Å². The maximum absolute atomic E-state index is 13.7. The molecule has 3 N–H and O–H groups in total. The quantitative estimate of drug-likeness (QED) is 0.560. The lowest BCUT2D eigenvalue weighted by atomic mass is 10.0. The Morgan fingerprint density at radius 1 is 1.17 bits per heavy atom. The van der Waals surface area contributed by atoms with Gasteiger partial charge in [-0.05, 0) is 19.3 Å². The molecule has 2 atom stereocenters. The molecule has 0 spiro atoms. The number of nitrogens with zero attached hydrogens (tertiary/aromatic N) is 5. The molecule has 160 valence electrons. The predicted molar refractivity (Wildman–Crippen MR) is 101 cm³/mol. The molecular weight excluding hydrogens is 404 g/mol. The number of aryl methyl sites for hydroxylation is 2. The Morgan fingerprint density at radius 2 is 2.03 bits per heavy atom. The number of alkyl halides is 4. The average molecular weight is 424 g/mol. The van der Waals surface area contributed by atoms with E-state index in [-0.39, 0.29) is 36.3 Å². The van der Waals surface area contributed by atoms with E-state index in [1.807, 2.05) is 4.68 Å². The van der Waals surface area contributed by atoms with Gasteiger partial charge in [0.25, 0.3) is 0 Å². The van der Waals surface area contributed by atoms with Crippen molar-refractivity contribution in [3.63, 3.8) is 0 Å². The summed E-state index contributed by atoms with van der Waals surface area (Å²) in [5.41, 5.74) is 0.129. The van der Waals surface area contributed by atoms with Gasteiger partial charge >= 0.3 is 6.18 Å². The summed E-state index contributed by atoms with van der Waals surface area (Å²) >= 11 is 0. The first-order chi connectivity index (χ1) is 14.4. The molecule has 0 bridgehead atoms. The number of hydrogen-bond acceptors (Lipinski definition) is 6. The molecule has 3 aromatic rings. The van der Waals surface area contributed by atoms with Crippen molar-refractivity contribution < 1.29 is 17.6 Å². The van der Waals surface area contributed by atoms with Crippen molar-refractivity contribution in [3.8, 4) is 11.4 Å². The van der Waals surface area contributed by atoms with Crippen molar-refractivity contribution in [2.24, 2.45) is 0 Å². The molecule has 0 aromatic carbocycles. The zero-order valence-corrected chi connectivity index (χ0v) is 15.9. The van der Waals surface area contributed by atoms with E-state index < -0.39 is 17.9 Å². The lowest BCUT2D eigenvalue weighted by Crippen LogP contribution is -2.44. The number of anilines is 1. The third kappa shape index (κ3) is 3.38. The van der Waals surface area contributed by atoms with Crippen LogP contribution in [0.1, 0.15) is 30.5 Å². The van der Waals surface area contributed by atoms with Gasteiger partial charge < -0.3 is 10.6 Å². The number of fused-ring (bicyclic) bond motifs is 3. The third-order valence-electron chi connectivity index (χ3n) is 5.55. The number of piperidine rings is 1. The lowest BCUT2D eigenvalue weighted by Gasteiger charge is -2.26. The van der Waals surface area contributed by atoms with Gasteiger partial charge in [-0.3, -0.25) is 9.78 Å². The second kappa shape index (κ2) is 7.18. The predicted octanol–water partition coefficient (Wildman–Crippen LogP) is 2.68. The Hall–Kier alpha value is -2.76. The van der Waals surface area contributed by atoms with Crippen molar-refractivity contribution in [2.45, 2.75) is 50.6 Å². The van der Waals surface area contributed by atoms with Crippen molar-refractivity contribution >= 4 is 17.0 Å². The van der Waals surface area contributed by atoms with Crippen LogP contribution in [0.15, 0.2) is 6.20 Å². The fourth-order valence-electron chi connectivity index (χ4n) is 4.17. The maximum Gasteiger partial charge on any atom is 0.420 e. The summed E-state index contributed by atoms with van der Waals surface area (Å²) in [6.07, 6.45) is -2.07. The van der Waals surface area contributed by atoms with Gasteiger partial charge in [0.15, 0.2) is 5.65 Å². The minimum Gasteiger partial charge on any atom is -0.350 e. The molecule has 3 aromatic heterocycles. The summed E-state index contributed by atoms with van der Waals surface area (Å²) in [7, 11) is 0. The summed E-state index contributed by atoms with van der Waals surface area (Å²) in [5, 5.41) is 17.7. The van der Waals surface area contributed by atoms with Crippen LogP contribution in [0.3, 0.4) is 0 Å². The molecule has 1 saturated heterocycles. The van der Waals surface area contributed by atoms with Gasteiger partial charge in [-0.1, -0.05) is 0 Å². The van der Waals surface area contributed by atoms with Crippen molar-refractivity contribution in [1.82, 2.24) is 35.3 Å². The van der Waals surface area contributed by atoms with Crippen molar-refractivity contribution in [1.29, 1.82) is 0 Å². The van der Waals surface area contributed by atoms with Gasteiger partial charge in [0, 0.05) is 38.3 Å². The second-order valence-corrected chi connectivity index (χ2v) is 7.71. The Balaban J connectivity index is 1.59. The highest BCUT2D eigenvalue weighted by Gasteiger charge is 2.37. The summed E-state index contributed by atoms with van der Waals surface area (Å²) < 4.78 is 56.6. The van der Waals surface area contributed by atoms with Crippen LogP contribution in [0.2, 0.25) is 0 Å². The molecule has 0 saturated carbocycles. The van der Waals surface area contributed by atoms with Crippen LogP contribution in [0.25, 0.3) is 22.4 Å². The molecule has 5 rings (SSSR count). The number of aromatic amines is 1. The largest absolute Gasteiger partial charge is 0.420 e. The summed E-state index contributed by atoms with van der Waals surface area (Å²) in [5.74, 6) is 0.0103. The lowest BCUT2D eigenvalue weighted by molar-refractivity contribution is -0.137. The van der Waals surface area contributed by atoms with Gasteiger partial charge in [-0.15, -0.1) is 0 Å². The zero-order valence-electron chi connectivity index (χ0n) is 15.9. The van der Waals surface area contributed by atoms with E-state index in [2.05, 4.69) is 35.9 Å². The Kier molecular flexibility index (Phi) is 4.60. The van der Waals surface area contributed by atoms with E-state index in [4.69, 9.17) is 0 Å². The molecule has 8 nitrogen and oxygen atoms in total. The molecule has 2 aliphatic rings. The molecule has 30 heavy (non-hydrogen) atoms. The van der Waals surface area contributed by atoms with Gasteiger partial charge in [0.1, 0.15) is 23.1 Å². The van der Waals surface area contributed by atoms with E-state index in [0.717, 1.165) is 31.3 Å². The van der Waals surface area contributed by atoms with Crippen LogP contribution in [0.4, 0.5) is 23.5 Å². The molecule has 12 heteroatoms. The molecular formula is C18H20F4N8. The normalized spacial score (nSPS) is 22.3. The number of halogens is 4. The Labute approximate surface area is 168 Å². The Morgan fingerprint density at radius 3 is 2.83 bits per heavy atom. The number of aromatic nitrogens is 6. The van der Waals surface area contributed by atoms with E-state index >= 15 is 0 Å². The fourth-order valence-corrected chi connectivity index (χ4v) is 4.17. The number of hydrogen-bond donors (Lipinski definition) is 3. The maximum atomic E-state index is 13.7. The highest BCUT2D eigenvalue weighted by molar-refractivity contribution is 5.93. The molecule has 0 aliphatic carbocycles. The first kappa shape index (κ1) is 19.2. The number of H-pyrrole nitrogens is 1. The molecule has 0 amide bonds. The topological polar surface area (TPSA) is 96.3 Å². The zero-order chi connectivity index (χ0) is 20.9. The van der Waals surface area contributed by atoms with Crippen LogP contribution in [0, 0.1) is 0 Å². The van der Waals surface area contributed by atoms with Gasteiger partial charge in [0.2, 0.25) is 5.95 Å².